The number of benzene rings is 2. The molecule has 3 rings (SSSR count). The van der Waals surface area contributed by atoms with Gasteiger partial charge in [0.1, 0.15) is 5.75 Å². The molecule has 1 N–H and O–H groups in total. The Kier molecular flexibility index (Phi) is 4.81. The summed E-state index contributed by atoms with van der Waals surface area (Å²) in [7, 11) is 1.55. The molecule has 0 radical (unpaired) electrons. The molecule has 0 aliphatic heterocycles. The maximum Gasteiger partial charge on any atom is 0.255 e. The Labute approximate surface area is 152 Å². The van der Waals surface area contributed by atoms with E-state index >= 15 is 0 Å². The highest BCUT2D eigenvalue weighted by molar-refractivity contribution is 6.31. The van der Waals surface area contributed by atoms with Gasteiger partial charge >= 0.3 is 0 Å². The van der Waals surface area contributed by atoms with Crippen LogP contribution in [-0.2, 0) is 0 Å². The maximum absolute atomic E-state index is 12.5. The van der Waals surface area contributed by atoms with Crippen molar-refractivity contribution in [3.05, 3.63) is 76.6 Å². The number of amides is 1. The second-order valence-electron chi connectivity index (χ2n) is 5.80. The minimum atomic E-state index is -0.215. The number of halogens is 1. The number of rotatable bonds is 4. The normalized spacial score (nSPS) is 10.6. The number of methoxy groups -OCH3 is 1. The average Bonchev–Trinajstić information content (AvgIpc) is 2.94. The summed E-state index contributed by atoms with van der Waals surface area (Å²) in [5.74, 6) is 0.348. The fourth-order valence-corrected chi connectivity index (χ4v) is 2.98. The van der Waals surface area contributed by atoms with Crippen molar-refractivity contribution in [2.45, 2.75) is 13.8 Å². The lowest BCUT2D eigenvalue weighted by Gasteiger charge is -2.12. The van der Waals surface area contributed by atoms with Crippen molar-refractivity contribution in [1.29, 1.82) is 0 Å². The van der Waals surface area contributed by atoms with Crippen molar-refractivity contribution in [2.75, 3.05) is 12.4 Å². The number of aryl methyl sites for hydroxylation is 2. The van der Waals surface area contributed by atoms with Crippen LogP contribution in [0.4, 0.5) is 5.69 Å². The van der Waals surface area contributed by atoms with Gasteiger partial charge in [0.2, 0.25) is 0 Å². The van der Waals surface area contributed by atoms with Gasteiger partial charge in [-0.3, -0.25) is 4.79 Å². The number of aromatic nitrogens is 1. The number of nitrogens with one attached hydrogen (secondary N) is 1. The standard InChI is InChI=1S/C20H19ClN2O2/c1-13-4-5-14(2)23(13)17-9-6-15(7-10-17)20(24)22-18-12-16(21)8-11-19(18)25-3/h4-12H,1-3H3,(H,22,24). The monoisotopic (exact) mass is 354 g/mol. The van der Waals surface area contributed by atoms with E-state index in [4.69, 9.17) is 16.3 Å². The van der Waals surface area contributed by atoms with Gasteiger partial charge in [-0.15, -0.1) is 0 Å². The van der Waals surface area contributed by atoms with Crippen molar-refractivity contribution in [2.24, 2.45) is 0 Å². The van der Waals surface area contributed by atoms with Gasteiger partial charge in [-0.2, -0.15) is 0 Å². The number of carbonyl (C=O) groups excluding carboxylic acids is 1. The molecule has 0 aliphatic rings. The quantitative estimate of drug-likeness (QED) is 0.715. The molecule has 128 valence electrons. The third-order valence-electron chi connectivity index (χ3n) is 4.07. The van der Waals surface area contributed by atoms with Gasteiger partial charge in [0.15, 0.2) is 0 Å². The van der Waals surface area contributed by atoms with Gasteiger partial charge in [0.05, 0.1) is 12.8 Å². The Morgan fingerprint density at radius 2 is 1.64 bits per heavy atom. The van der Waals surface area contributed by atoms with Crippen LogP contribution in [0.15, 0.2) is 54.6 Å². The highest BCUT2D eigenvalue weighted by atomic mass is 35.5. The van der Waals surface area contributed by atoms with Crippen LogP contribution in [0, 0.1) is 13.8 Å². The van der Waals surface area contributed by atoms with Crippen LogP contribution >= 0.6 is 11.6 Å². The SMILES string of the molecule is COc1ccc(Cl)cc1NC(=O)c1ccc(-n2c(C)ccc2C)cc1. The Morgan fingerprint density at radius 3 is 2.24 bits per heavy atom. The molecule has 0 spiro atoms. The van der Waals surface area contributed by atoms with Crippen molar-refractivity contribution >= 4 is 23.2 Å². The molecule has 0 saturated carbocycles. The smallest absolute Gasteiger partial charge is 0.255 e. The Hall–Kier alpha value is -2.72. The van der Waals surface area contributed by atoms with Gasteiger partial charge in [-0.1, -0.05) is 11.6 Å². The molecule has 25 heavy (non-hydrogen) atoms. The predicted molar refractivity (Wildman–Crippen MR) is 101 cm³/mol. The molecular weight excluding hydrogens is 336 g/mol. The lowest BCUT2D eigenvalue weighted by atomic mass is 10.1. The van der Waals surface area contributed by atoms with Crippen molar-refractivity contribution in [3.8, 4) is 11.4 Å². The zero-order chi connectivity index (χ0) is 18.0. The van der Waals surface area contributed by atoms with Crippen molar-refractivity contribution in [1.82, 2.24) is 4.57 Å². The van der Waals surface area contributed by atoms with Crippen LogP contribution in [0.2, 0.25) is 5.02 Å². The summed E-state index contributed by atoms with van der Waals surface area (Å²) in [5, 5.41) is 3.37. The minimum absolute atomic E-state index is 0.215. The number of anilines is 1. The summed E-state index contributed by atoms with van der Waals surface area (Å²) in [6, 6.07) is 16.7. The highest BCUT2D eigenvalue weighted by Crippen LogP contribution is 2.28. The van der Waals surface area contributed by atoms with Crippen LogP contribution in [-0.4, -0.2) is 17.6 Å². The Bertz CT molecular complexity index is 894. The molecule has 1 amide bonds. The van der Waals surface area contributed by atoms with E-state index in [0.717, 1.165) is 17.1 Å². The van der Waals surface area contributed by atoms with Crippen LogP contribution in [0.3, 0.4) is 0 Å². The first-order valence-corrected chi connectivity index (χ1v) is 8.27. The van der Waals surface area contributed by atoms with Gasteiger partial charge in [-0.05, 0) is 68.4 Å². The maximum atomic E-state index is 12.5. The lowest BCUT2D eigenvalue weighted by molar-refractivity contribution is 0.102. The van der Waals surface area contributed by atoms with Gasteiger partial charge in [0.25, 0.3) is 5.91 Å². The summed E-state index contributed by atoms with van der Waals surface area (Å²) in [6.45, 7) is 4.11. The zero-order valence-electron chi connectivity index (χ0n) is 14.3. The van der Waals surface area contributed by atoms with Crippen LogP contribution in [0.1, 0.15) is 21.7 Å². The number of hydrogen-bond donors (Lipinski definition) is 1. The van der Waals surface area contributed by atoms with E-state index in [1.807, 2.05) is 12.1 Å². The molecule has 0 unspecified atom stereocenters. The second-order valence-corrected chi connectivity index (χ2v) is 6.23. The summed E-state index contributed by atoms with van der Waals surface area (Å²) >= 11 is 6.00. The number of carbonyl (C=O) groups is 1. The number of hydrogen-bond acceptors (Lipinski definition) is 2. The largest absolute Gasteiger partial charge is 0.495 e. The fourth-order valence-electron chi connectivity index (χ4n) is 2.81. The van der Waals surface area contributed by atoms with E-state index in [-0.39, 0.29) is 5.91 Å². The lowest BCUT2D eigenvalue weighted by Crippen LogP contribution is -2.13. The topological polar surface area (TPSA) is 43.3 Å². The Morgan fingerprint density at radius 1 is 1.00 bits per heavy atom. The van der Waals surface area contributed by atoms with Crippen LogP contribution in [0.5, 0.6) is 5.75 Å². The van der Waals surface area contributed by atoms with Gasteiger partial charge in [0, 0.05) is 27.7 Å². The average molecular weight is 355 g/mol. The fraction of sp³-hybridized carbons (Fsp3) is 0.150. The molecule has 0 aliphatic carbocycles. The van der Waals surface area contributed by atoms with Crippen molar-refractivity contribution < 1.29 is 9.53 Å². The molecule has 0 bridgehead atoms. The first-order valence-electron chi connectivity index (χ1n) is 7.90. The molecule has 2 aromatic carbocycles. The van der Waals surface area contributed by atoms with E-state index in [2.05, 4.69) is 35.9 Å². The van der Waals surface area contributed by atoms with E-state index in [0.29, 0.717) is 22.0 Å². The third kappa shape index (κ3) is 3.54. The number of nitrogens with zero attached hydrogens (tertiary/aromatic N) is 1. The van der Waals surface area contributed by atoms with E-state index in [9.17, 15) is 4.79 Å². The molecule has 3 aromatic rings. The number of ether oxygens (including phenoxy) is 1. The first-order chi connectivity index (χ1) is 12.0. The van der Waals surface area contributed by atoms with E-state index < -0.39 is 0 Å². The molecule has 0 fully saturated rings. The molecule has 4 nitrogen and oxygen atoms in total. The predicted octanol–water partition coefficient (Wildman–Crippen LogP) is 5.01. The van der Waals surface area contributed by atoms with Gasteiger partial charge in [-0.25, -0.2) is 0 Å². The van der Waals surface area contributed by atoms with E-state index in [1.54, 1.807) is 37.4 Å². The summed E-state index contributed by atoms with van der Waals surface area (Å²) in [6.07, 6.45) is 0. The van der Waals surface area contributed by atoms with Crippen molar-refractivity contribution in [3.63, 3.8) is 0 Å². The molecule has 1 aromatic heterocycles. The van der Waals surface area contributed by atoms with Crippen LogP contribution < -0.4 is 10.1 Å². The molecule has 0 atom stereocenters. The second kappa shape index (κ2) is 7.03. The van der Waals surface area contributed by atoms with E-state index in [1.165, 1.54) is 0 Å². The molecular formula is C20H19ClN2O2. The molecule has 0 saturated heterocycles. The summed E-state index contributed by atoms with van der Waals surface area (Å²) < 4.78 is 7.40. The van der Waals surface area contributed by atoms with Crippen LogP contribution in [0.25, 0.3) is 5.69 Å². The first kappa shape index (κ1) is 17.1. The molecule has 5 heteroatoms. The Balaban J connectivity index is 1.83. The highest BCUT2D eigenvalue weighted by Gasteiger charge is 2.11. The van der Waals surface area contributed by atoms with Gasteiger partial charge < -0.3 is 14.6 Å². The third-order valence-corrected chi connectivity index (χ3v) is 4.30. The minimum Gasteiger partial charge on any atom is -0.495 e. The molecule has 1 heterocycles. The summed E-state index contributed by atoms with van der Waals surface area (Å²) in [4.78, 5) is 12.5. The summed E-state index contributed by atoms with van der Waals surface area (Å²) in [5.41, 5.74) is 4.43. The zero-order valence-corrected chi connectivity index (χ0v) is 15.1.